The summed E-state index contributed by atoms with van der Waals surface area (Å²) in [4.78, 5) is 24.9. The van der Waals surface area contributed by atoms with E-state index >= 15 is 0 Å². The number of nitrogens with one attached hydrogen (secondary N) is 2. The highest BCUT2D eigenvalue weighted by Crippen LogP contribution is 2.31. The average Bonchev–Trinajstić information content (AvgIpc) is 3.40. The maximum Gasteiger partial charge on any atom is 0.416 e. The van der Waals surface area contributed by atoms with Crippen molar-refractivity contribution >= 4 is 72.1 Å². The number of aromatic amines is 1. The number of fused-ring (bicyclic) bond motifs is 3. The predicted octanol–water partition coefficient (Wildman–Crippen LogP) is 6.07. The van der Waals surface area contributed by atoms with Gasteiger partial charge in [0.05, 0.1) is 11.3 Å². The SMILES string of the molecule is O=C(CSc1nnc2c(n1)[nH]c1ccc(Br)cc12)Nc1ncc(Cc2cccc(C(F)(F)F)c2)s1. The average molecular weight is 579 g/mol. The number of alkyl halides is 3. The van der Waals surface area contributed by atoms with Crippen LogP contribution in [0.25, 0.3) is 22.1 Å². The Balaban J connectivity index is 1.20. The summed E-state index contributed by atoms with van der Waals surface area (Å²) in [7, 11) is 0. The quantitative estimate of drug-likeness (QED) is 0.237. The number of thiazole rings is 1. The van der Waals surface area contributed by atoms with Gasteiger partial charge in [-0.2, -0.15) is 13.2 Å². The Hall–Kier alpha value is -3.03. The van der Waals surface area contributed by atoms with Gasteiger partial charge in [-0.05, 0) is 29.8 Å². The molecule has 0 spiro atoms. The molecule has 7 nitrogen and oxygen atoms in total. The van der Waals surface area contributed by atoms with Crippen LogP contribution < -0.4 is 5.32 Å². The number of carbonyl (C=O) groups excluding carboxylic acids is 1. The van der Waals surface area contributed by atoms with Gasteiger partial charge in [0.2, 0.25) is 11.1 Å². The van der Waals surface area contributed by atoms with Crippen LogP contribution in [0.15, 0.2) is 58.3 Å². The molecule has 35 heavy (non-hydrogen) atoms. The fourth-order valence-corrected chi connectivity index (χ4v) is 5.19. The van der Waals surface area contributed by atoms with Gasteiger partial charge in [0.15, 0.2) is 10.8 Å². The first-order valence-electron chi connectivity index (χ1n) is 10.1. The van der Waals surface area contributed by atoms with Crippen molar-refractivity contribution in [3.05, 3.63) is 69.1 Å². The number of aromatic nitrogens is 5. The first-order valence-corrected chi connectivity index (χ1v) is 12.7. The highest BCUT2D eigenvalue weighted by molar-refractivity contribution is 9.10. The maximum atomic E-state index is 12.9. The number of halogens is 4. The fraction of sp³-hybridized carbons (Fsp3) is 0.136. The third-order valence-electron chi connectivity index (χ3n) is 4.92. The van der Waals surface area contributed by atoms with Gasteiger partial charge < -0.3 is 10.3 Å². The van der Waals surface area contributed by atoms with Crippen molar-refractivity contribution in [3.8, 4) is 0 Å². The Morgan fingerprint density at radius 2 is 2.03 bits per heavy atom. The second kappa shape index (κ2) is 9.55. The molecule has 13 heteroatoms. The molecule has 3 heterocycles. The summed E-state index contributed by atoms with van der Waals surface area (Å²) in [6.45, 7) is 0. The van der Waals surface area contributed by atoms with Crippen molar-refractivity contribution in [2.45, 2.75) is 17.8 Å². The number of rotatable bonds is 6. The van der Waals surface area contributed by atoms with E-state index < -0.39 is 11.7 Å². The number of hydrogen-bond acceptors (Lipinski definition) is 7. The van der Waals surface area contributed by atoms with E-state index in [0.717, 1.165) is 44.1 Å². The van der Waals surface area contributed by atoms with Crippen LogP contribution in [0.1, 0.15) is 16.0 Å². The first kappa shape index (κ1) is 23.7. The molecule has 178 valence electrons. The number of hydrogen-bond donors (Lipinski definition) is 2. The Bertz CT molecular complexity index is 1550. The summed E-state index contributed by atoms with van der Waals surface area (Å²) in [6, 6.07) is 10.9. The molecule has 0 saturated carbocycles. The van der Waals surface area contributed by atoms with E-state index in [1.807, 2.05) is 18.2 Å². The smallest absolute Gasteiger partial charge is 0.338 e. The second-order valence-electron chi connectivity index (χ2n) is 7.45. The Morgan fingerprint density at radius 3 is 2.86 bits per heavy atom. The lowest BCUT2D eigenvalue weighted by Crippen LogP contribution is -2.14. The molecule has 2 aromatic carbocycles. The predicted molar refractivity (Wildman–Crippen MR) is 133 cm³/mol. The summed E-state index contributed by atoms with van der Waals surface area (Å²) in [5.74, 6) is -0.263. The van der Waals surface area contributed by atoms with Crippen LogP contribution in [0, 0.1) is 0 Å². The molecule has 0 aliphatic heterocycles. The van der Waals surface area contributed by atoms with E-state index in [9.17, 15) is 18.0 Å². The van der Waals surface area contributed by atoms with Crippen LogP contribution in [0.5, 0.6) is 0 Å². The van der Waals surface area contributed by atoms with E-state index in [1.54, 1.807) is 12.3 Å². The molecule has 3 aromatic heterocycles. The van der Waals surface area contributed by atoms with Crippen LogP contribution in [0.4, 0.5) is 18.3 Å². The number of thioether (sulfide) groups is 1. The van der Waals surface area contributed by atoms with Gasteiger partial charge in [-0.15, -0.1) is 21.5 Å². The molecular weight excluding hydrogens is 565 g/mol. The summed E-state index contributed by atoms with van der Waals surface area (Å²) < 4.78 is 39.7. The van der Waals surface area contributed by atoms with Crippen LogP contribution in [0.3, 0.4) is 0 Å². The minimum Gasteiger partial charge on any atom is -0.338 e. The van der Waals surface area contributed by atoms with Crippen molar-refractivity contribution in [1.29, 1.82) is 0 Å². The highest BCUT2D eigenvalue weighted by atomic mass is 79.9. The molecule has 5 aromatic rings. The molecule has 2 N–H and O–H groups in total. The lowest BCUT2D eigenvalue weighted by atomic mass is 10.1. The molecule has 0 aliphatic carbocycles. The Morgan fingerprint density at radius 1 is 1.17 bits per heavy atom. The standard InChI is InChI=1S/C22H14BrF3N6OS2/c23-13-4-5-16-15(8-13)18-19(28-16)30-21(32-31-18)34-10-17(33)29-20-27-9-14(35-20)7-11-2-1-3-12(6-11)22(24,25)26/h1-6,8-9H,7,10H2,(H,27,29,33)(H,28,30,32). The van der Waals surface area contributed by atoms with Gasteiger partial charge in [0, 0.05) is 32.9 Å². The Kier molecular flexibility index (Phi) is 6.47. The topological polar surface area (TPSA) is 96.5 Å². The van der Waals surface area contributed by atoms with Crippen molar-refractivity contribution in [1.82, 2.24) is 25.1 Å². The molecule has 0 unspecified atom stereocenters. The van der Waals surface area contributed by atoms with Gasteiger partial charge in [0.1, 0.15) is 5.52 Å². The highest BCUT2D eigenvalue weighted by Gasteiger charge is 2.30. The van der Waals surface area contributed by atoms with Crippen LogP contribution >= 0.6 is 39.0 Å². The van der Waals surface area contributed by atoms with Gasteiger partial charge in [-0.1, -0.05) is 45.9 Å². The number of nitrogens with zero attached hydrogens (tertiary/aromatic N) is 4. The largest absolute Gasteiger partial charge is 0.416 e. The zero-order valence-electron chi connectivity index (χ0n) is 17.6. The summed E-state index contributed by atoms with van der Waals surface area (Å²) >= 11 is 5.78. The summed E-state index contributed by atoms with van der Waals surface area (Å²) in [5, 5.41) is 12.7. The van der Waals surface area contributed by atoms with E-state index in [-0.39, 0.29) is 18.1 Å². The normalized spacial score (nSPS) is 11.9. The lowest BCUT2D eigenvalue weighted by Gasteiger charge is -2.07. The van der Waals surface area contributed by atoms with Crippen LogP contribution in [-0.2, 0) is 17.4 Å². The molecule has 0 fully saturated rings. The minimum absolute atomic E-state index is 0.0432. The molecule has 0 atom stereocenters. The maximum absolute atomic E-state index is 12.9. The molecule has 0 saturated heterocycles. The number of H-pyrrole nitrogens is 1. The molecular formula is C22H14BrF3N6OS2. The zero-order chi connectivity index (χ0) is 24.6. The van der Waals surface area contributed by atoms with Crippen LogP contribution in [-0.4, -0.2) is 36.8 Å². The molecule has 1 amide bonds. The number of amides is 1. The van der Waals surface area contributed by atoms with E-state index in [0.29, 0.717) is 27.0 Å². The second-order valence-corrected chi connectivity index (χ2v) is 10.4. The first-order chi connectivity index (χ1) is 16.7. The van der Waals surface area contributed by atoms with E-state index in [2.05, 4.69) is 46.4 Å². The number of anilines is 1. The van der Waals surface area contributed by atoms with Crippen molar-refractivity contribution in [3.63, 3.8) is 0 Å². The molecule has 0 aliphatic rings. The molecule has 5 rings (SSSR count). The van der Waals surface area contributed by atoms with Crippen molar-refractivity contribution in [2.75, 3.05) is 11.1 Å². The zero-order valence-corrected chi connectivity index (χ0v) is 20.8. The number of benzene rings is 2. The minimum atomic E-state index is -4.39. The van der Waals surface area contributed by atoms with Gasteiger partial charge >= 0.3 is 6.18 Å². The monoisotopic (exact) mass is 578 g/mol. The van der Waals surface area contributed by atoms with Crippen molar-refractivity contribution < 1.29 is 18.0 Å². The molecule has 0 bridgehead atoms. The fourth-order valence-electron chi connectivity index (χ4n) is 3.38. The Labute approximate surface area is 212 Å². The summed E-state index contributed by atoms with van der Waals surface area (Å²) in [5.41, 5.74) is 1.93. The van der Waals surface area contributed by atoms with E-state index in [1.165, 1.54) is 17.4 Å². The van der Waals surface area contributed by atoms with Gasteiger partial charge in [-0.3, -0.25) is 4.79 Å². The third-order valence-corrected chi connectivity index (χ3v) is 7.17. The van der Waals surface area contributed by atoms with E-state index in [4.69, 9.17) is 0 Å². The van der Waals surface area contributed by atoms with Gasteiger partial charge in [0.25, 0.3) is 0 Å². The number of carbonyl (C=O) groups is 1. The van der Waals surface area contributed by atoms with Gasteiger partial charge in [-0.25, -0.2) is 9.97 Å². The summed E-state index contributed by atoms with van der Waals surface area (Å²) in [6.07, 6.45) is -2.56. The lowest BCUT2D eigenvalue weighted by molar-refractivity contribution is -0.137. The third kappa shape index (κ3) is 5.46. The molecule has 0 radical (unpaired) electrons. The van der Waals surface area contributed by atoms with Crippen LogP contribution in [0.2, 0.25) is 0 Å². The van der Waals surface area contributed by atoms with Crippen molar-refractivity contribution in [2.24, 2.45) is 0 Å².